The summed E-state index contributed by atoms with van der Waals surface area (Å²) < 4.78 is 5.19. The van der Waals surface area contributed by atoms with Crippen LogP contribution in [0, 0.1) is 5.92 Å². The second kappa shape index (κ2) is 5.51. The van der Waals surface area contributed by atoms with E-state index in [4.69, 9.17) is 16.2 Å². The average Bonchev–Trinajstić information content (AvgIpc) is 2.84. The zero-order chi connectivity index (χ0) is 8.81. The highest BCUT2D eigenvalue weighted by Crippen LogP contribution is 2.24. The molecule has 0 saturated carbocycles. The third-order valence-corrected chi connectivity index (χ3v) is 2.39. The molecule has 1 aliphatic rings. The number of epoxide rings is 1. The van der Waals surface area contributed by atoms with Crippen LogP contribution in [0.2, 0.25) is 0 Å². The van der Waals surface area contributed by atoms with Crippen molar-refractivity contribution < 1.29 is 4.74 Å². The first-order valence-electron chi connectivity index (χ1n) is 4.88. The molecule has 0 amide bonds. The second-order valence-electron chi connectivity index (χ2n) is 3.57. The Balaban J connectivity index is 2.07. The van der Waals surface area contributed by atoms with Gasteiger partial charge in [-0.2, -0.15) is 0 Å². The Hall–Kier alpha value is -0.120. The van der Waals surface area contributed by atoms with Crippen molar-refractivity contribution in [2.75, 3.05) is 19.7 Å². The van der Waals surface area contributed by atoms with E-state index >= 15 is 0 Å². The minimum absolute atomic E-state index is 0.541. The Labute approximate surface area is 74.4 Å². The number of rotatable bonds is 7. The molecule has 1 rings (SSSR count). The predicted molar refractivity (Wildman–Crippen MR) is 49.8 cm³/mol. The highest BCUT2D eigenvalue weighted by atomic mass is 16.6. The minimum Gasteiger partial charge on any atom is -0.373 e. The van der Waals surface area contributed by atoms with Gasteiger partial charge in [0.2, 0.25) is 0 Å². The number of nitrogens with two attached hydrogens (primary N) is 2. The SMILES string of the molecule is NCCCC(CCN)CC1CO1. The van der Waals surface area contributed by atoms with Crippen LogP contribution in [0.1, 0.15) is 25.7 Å². The van der Waals surface area contributed by atoms with Crippen LogP contribution in [0.5, 0.6) is 0 Å². The van der Waals surface area contributed by atoms with Crippen molar-refractivity contribution in [2.45, 2.75) is 31.8 Å². The van der Waals surface area contributed by atoms with E-state index in [1.54, 1.807) is 0 Å². The lowest BCUT2D eigenvalue weighted by Gasteiger charge is -2.13. The number of hydrogen-bond acceptors (Lipinski definition) is 3. The third-order valence-electron chi connectivity index (χ3n) is 2.39. The molecule has 3 nitrogen and oxygen atoms in total. The Morgan fingerprint density at radius 1 is 1.25 bits per heavy atom. The molecule has 1 fully saturated rings. The molecule has 1 saturated heterocycles. The largest absolute Gasteiger partial charge is 0.373 e. The highest BCUT2D eigenvalue weighted by molar-refractivity contribution is 4.74. The van der Waals surface area contributed by atoms with Gasteiger partial charge in [-0.1, -0.05) is 0 Å². The summed E-state index contributed by atoms with van der Waals surface area (Å²) in [6.07, 6.45) is 5.20. The topological polar surface area (TPSA) is 64.6 Å². The molecule has 4 N–H and O–H groups in total. The lowest BCUT2D eigenvalue weighted by Crippen LogP contribution is -2.12. The summed E-state index contributed by atoms with van der Waals surface area (Å²) in [5.74, 6) is 0.742. The molecule has 0 aromatic heterocycles. The van der Waals surface area contributed by atoms with E-state index in [9.17, 15) is 0 Å². The van der Waals surface area contributed by atoms with Crippen molar-refractivity contribution in [3.05, 3.63) is 0 Å². The molecule has 0 spiro atoms. The van der Waals surface area contributed by atoms with Crippen LogP contribution >= 0.6 is 0 Å². The van der Waals surface area contributed by atoms with Gasteiger partial charge in [-0.15, -0.1) is 0 Å². The summed E-state index contributed by atoms with van der Waals surface area (Å²) in [6.45, 7) is 2.55. The zero-order valence-electron chi connectivity index (χ0n) is 7.67. The van der Waals surface area contributed by atoms with E-state index in [-0.39, 0.29) is 0 Å². The molecular weight excluding hydrogens is 152 g/mol. The first-order chi connectivity index (χ1) is 5.86. The van der Waals surface area contributed by atoms with Crippen LogP contribution in [0.25, 0.3) is 0 Å². The molecule has 0 aliphatic carbocycles. The molecule has 0 aromatic carbocycles. The average molecular weight is 172 g/mol. The maximum atomic E-state index is 5.53. The Bertz CT molecular complexity index is 115. The van der Waals surface area contributed by atoms with Crippen LogP contribution in [0.3, 0.4) is 0 Å². The fourth-order valence-electron chi connectivity index (χ4n) is 1.60. The molecular formula is C9H20N2O. The summed E-state index contributed by atoms with van der Waals surface area (Å²) in [6, 6.07) is 0. The van der Waals surface area contributed by atoms with Gasteiger partial charge in [-0.3, -0.25) is 0 Å². The lowest BCUT2D eigenvalue weighted by molar-refractivity contribution is 0.329. The van der Waals surface area contributed by atoms with Crippen LogP contribution in [-0.4, -0.2) is 25.8 Å². The molecule has 0 bridgehead atoms. The van der Waals surface area contributed by atoms with Crippen LogP contribution < -0.4 is 11.5 Å². The maximum Gasteiger partial charge on any atom is 0.0812 e. The summed E-state index contributed by atoms with van der Waals surface area (Å²) in [4.78, 5) is 0. The van der Waals surface area contributed by atoms with Crippen LogP contribution in [0.4, 0.5) is 0 Å². The van der Waals surface area contributed by atoms with Crippen LogP contribution in [-0.2, 0) is 4.74 Å². The highest BCUT2D eigenvalue weighted by Gasteiger charge is 2.25. The van der Waals surface area contributed by atoms with E-state index in [0.29, 0.717) is 6.10 Å². The van der Waals surface area contributed by atoms with Crippen molar-refractivity contribution in [3.8, 4) is 0 Å². The molecule has 0 aromatic rings. The van der Waals surface area contributed by atoms with E-state index in [1.165, 1.54) is 12.8 Å². The predicted octanol–water partition coefficient (Wildman–Crippen LogP) is 0.479. The van der Waals surface area contributed by atoms with Crippen LogP contribution in [0.15, 0.2) is 0 Å². The summed E-state index contributed by atoms with van der Waals surface area (Å²) in [7, 11) is 0. The van der Waals surface area contributed by atoms with Crippen molar-refractivity contribution in [1.29, 1.82) is 0 Å². The fraction of sp³-hybridized carbons (Fsp3) is 1.00. The Kier molecular flexibility index (Phi) is 4.58. The third kappa shape index (κ3) is 4.04. The standard InChI is InChI=1S/C9H20N2O/c10-4-1-2-8(3-5-11)6-9-7-12-9/h8-9H,1-7,10-11H2. The molecule has 12 heavy (non-hydrogen) atoms. The summed E-state index contributed by atoms with van der Waals surface area (Å²) in [5, 5.41) is 0. The Morgan fingerprint density at radius 2 is 2.00 bits per heavy atom. The van der Waals surface area contributed by atoms with Gasteiger partial charge in [0.1, 0.15) is 0 Å². The molecule has 1 aliphatic heterocycles. The van der Waals surface area contributed by atoms with Gasteiger partial charge in [0, 0.05) is 0 Å². The van der Waals surface area contributed by atoms with Crippen molar-refractivity contribution >= 4 is 0 Å². The minimum atomic E-state index is 0.541. The van der Waals surface area contributed by atoms with Gasteiger partial charge < -0.3 is 16.2 Å². The van der Waals surface area contributed by atoms with Gasteiger partial charge in [0.15, 0.2) is 0 Å². The van der Waals surface area contributed by atoms with Gasteiger partial charge in [0.25, 0.3) is 0 Å². The zero-order valence-corrected chi connectivity index (χ0v) is 7.67. The summed E-state index contributed by atoms with van der Waals surface area (Å²) in [5.41, 5.74) is 11.0. The molecule has 3 heteroatoms. The van der Waals surface area contributed by atoms with Crippen molar-refractivity contribution in [1.82, 2.24) is 0 Å². The normalized spacial score (nSPS) is 24.0. The smallest absolute Gasteiger partial charge is 0.0812 e. The van der Waals surface area contributed by atoms with E-state index in [2.05, 4.69) is 0 Å². The lowest BCUT2D eigenvalue weighted by atomic mass is 9.94. The molecule has 2 unspecified atom stereocenters. The monoisotopic (exact) mass is 172 g/mol. The molecule has 1 heterocycles. The van der Waals surface area contributed by atoms with Gasteiger partial charge in [0.05, 0.1) is 12.7 Å². The van der Waals surface area contributed by atoms with Crippen molar-refractivity contribution in [3.63, 3.8) is 0 Å². The van der Waals surface area contributed by atoms with E-state index in [0.717, 1.165) is 38.5 Å². The van der Waals surface area contributed by atoms with E-state index in [1.807, 2.05) is 0 Å². The maximum absolute atomic E-state index is 5.53. The van der Waals surface area contributed by atoms with Gasteiger partial charge >= 0.3 is 0 Å². The number of hydrogen-bond donors (Lipinski definition) is 2. The van der Waals surface area contributed by atoms with Crippen molar-refractivity contribution in [2.24, 2.45) is 17.4 Å². The van der Waals surface area contributed by atoms with Gasteiger partial charge in [-0.05, 0) is 44.7 Å². The quantitative estimate of drug-likeness (QED) is 0.549. The molecule has 0 radical (unpaired) electrons. The first-order valence-corrected chi connectivity index (χ1v) is 4.88. The Morgan fingerprint density at radius 3 is 2.50 bits per heavy atom. The molecule has 72 valence electrons. The van der Waals surface area contributed by atoms with E-state index < -0.39 is 0 Å². The van der Waals surface area contributed by atoms with Gasteiger partial charge in [-0.25, -0.2) is 0 Å². The first kappa shape index (κ1) is 9.96. The second-order valence-corrected chi connectivity index (χ2v) is 3.57. The summed E-state index contributed by atoms with van der Waals surface area (Å²) >= 11 is 0. The fourth-order valence-corrected chi connectivity index (χ4v) is 1.60. The molecule has 2 atom stereocenters. The number of ether oxygens (including phenoxy) is 1.